The van der Waals surface area contributed by atoms with Gasteiger partial charge in [-0.15, -0.1) is 0 Å². The van der Waals surface area contributed by atoms with E-state index in [1.165, 1.54) is 0 Å². The average molecular weight is 321 g/mol. The predicted octanol–water partition coefficient (Wildman–Crippen LogP) is 3.67. The van der Waals surface area contributed by atoms with Crippen molar-refractivity contribution in [2.45, 2.75) is 38.6 Å². The molecule has 1 aliphatic rings. The van der Waals surface area contributed by atoms with Crippen molar-refractivity contribution in [3.05, 3.63) is 33.8 Å². The first kappa shape index (κ1) is 14.1. The van der Waals surface area contributed by atoms with Crippen LogP contribution in [0.2, 0.25) is 0 Å². The van der Waals surface area contributed by atoms with Crippen molar-refractivity contribution in [2.75, 3.05) is 6.54 Å². The van der Waals surface area contributed by atoms with E-state index in [1.807, 2.05) is 25.1 Å². The van der Waals surface area contributed by atoms with Crippen molar-refractivity contribution >= 4 is 21.8 Å². The molecule has 0 atom stereocenters. The van der Waals surface area contributed by atoms with Gasteiger partial charge in [0.2, 0.25) is 0 Å². The smallest absolute Gasteiger partial charge is 0.256 e. The minimum absolute atomic E-state index is 0.0379. The topological polar surface area (TPSA) is 44.1 Å². The van der Waals surface area contributed by atoms with E-state index < -0.39 is 0 Å². The third-order valence-electron chi connectivity index (χ3n) is 3.62. The molecule has 100 valence electrons. The van der Waals surface area contributed by atoms with E-state index in [2.05, 4.69) is 22.0 Å². The lowest BCUT2D eigenvalue weighted by molar-refractivity contribution is 0.0708. The molecule has 19 heavy (non-hydrogen) atoms. The molecular formula is C15H17BrN2O. The van der Waals surface area contributed by atoms with Gasteiger partial charge in [0.1, 0.15) is 6.54 Å². The lowest BCUT2D eigenvalue weighted by atomic mass is 10.1. The number of benzene rings is 1. The van der Waals surface area contributed by atoms with Crippen LogP contribution in [0.15, 0.2) is 22.7 Å². The summed E-state index contributed by atoms with van der Waals surface area (Å²) < 4.78 is 0.795. The summed E-state index contributed by atoms with van der Waals surface area (Å²) in [5.41, 5.74) is 1.71. The highest BCUT2D eigenvalue weighted by Gasteiger charge is 2.28. The van der Waals surface area contributed by atoms with Gasteiger partial charge < -0.3 is 4.90 Å². The summed E-state index contributed by atoms with van der Waals surface area (Å²) in [6, 6.07) is 8.08. The van der Waals surface area contributed by atoms with E-state index >= 15 is 0 Å². The van der Waals surface area contributed by atoms with Gasteiger partial charge >= 0.3 is 0 Å². The SMILES string of the molecule is Cc1ccc(Br)c(C(=O)N(CC#N)C2CCCC2)c1. The predicted molar refractivity (Wildman–Crippen MR) is 77.8 cm³/mol. The molecule has 1 fully saturated rings. The van der Waals surface area contributed by atoms with Crippen molar-refractivity contribution in [2.24, 2.45) is 0 Å². The Morgan fingerprint density at radius 1 is 1.47 bits per heavy atom. The van der Waals surface area contributed by atoms with Crippen LogP contribution in [0.4, 0.5) is 0 Å². The van der Waals surface area contributed by atoms with Gasteiger partial charge in [0.15, 0.2) is 0 Å². The molecule has 0 heterocycles. The Morgan fingerprint density at radius 2 is 2.16 bits per heavy atom. The van der Waals surface area contributed by atoms with Gasteiger partial charge in [-0.2, -0.15) is 5.26 Å². The number of aryl methyl sites for hydroxylation is 1. The molecule has 2 rings (SSSR count). The zero-order valence-corrected chi connectivity index (χ0v) is 12.6. The summed E-state index contributed by atoms with van der Waals surface area (Å²) in [6.07, 6.45) is 4.32. The van der Waals surface area contributed by atoms with Gasteiger partial charge in [0, 0.05) is 10.5 Å². The first-order valence-electron chi connectivity index (χ1n) is 6.57. The summed E-state index contributed by atoms with van der Waals surface area (Å²) in [5.74, 6) is -0.0379. The van der Waals surface area contributed by atoms with Crippen molar-refractivity contribution in [3.63, 3.8) is 0 Å². The lowest BCUT2D eigenvalue weighted by Crippen LogP contribution is -2.39. The monoisotopic (exact) mass is 320 g/mol. The molecule has 0 spiro atoms. The summed E-state index contributed by atoms with van der Waals surface area (Å²) in [6.45, 7) is 2.14. The zero-order valence-electron chi connectivity index (χ0n) is 11.0. The van der Waals surface area contributed by atoms with Crippen LogP contribution in [0, 0.1) is 18.3 Å². The third-order valence-corrected chi connectivity index (χ3v) is 4.31. The molecule has 1 aromatic rings. The fraction of sp³-hybridized carbons (Fsp3) is 0.467. The standard InChI is InChI=1S/C15H17BrN2O/c1-11-6-7-14(16)13(10-11)15(19)18(9-8-17)12-4-2-3-5-12/h6-7,10,12H,2-5,9H2,1H3. The Balaban J connectivity index is 2.28. The summed E-state index contributed by atoms with van der Waals surface area (Å²) in [7, 11) is 0. The number of carbonyl (C=O) groups is 1. The van der Waals surface area contributed by atoms with Crippen LogP contribution in [0.5, 0.6) is 0 Å². The van der Waals surface area contributed by atoms with E-state index in [9.17, 15) is 4.79 Å². The molecule has 0 saturated heterocycles. The molecule has 0 aliphatic heterocycles. The van der Waals surface area contributed by atoms with Gasteiger partial charge in [-0.05, 0) is 47.8 Å². The lowest BCUT2D eigenvalue weighted by Gasteiger charge is -2.27. The number of halogens is 1. The summed E-state index contributed by atoms with van der Waals surface area (Å²) in [4.78, 5) is 14.4. The number of nitriles is 1. The Morgan fingerprint density at radius 3 is 2.79 bits per heavy atom. The minimum Gasteiger partial charge on any atom is -0.322 e. The number of hydrogen-bond acceptors (Lipinski definition) is 2. The Hall–Kier alpha value is -1.34. The Bertz CT molecular complexity index is 515. The van der Waals surface area contributed by atoms with Crippen LogP contribution in [-0.4, -0.2) is 23.4 Å². The van der Waals surface area contributed by atoms with E-state index in [0.717, 1.165) is 35.7 Å². The highest BCUT2D eigenvalue weighted by molar-refractivity contribution is 9.10. The van der Waals surface area contributed by atoms with Gasteiger partial charge in [-0.1, -0.05) is 24.5 Å². The maximum atomic E-state index is 12.6. The van der Waals surface area contributed by atoms with Crippen molar-refractivity contribution in [1.29, 1.82) is 5.26 Å². The van der Waals surface area contributed by atoms with Crippen molar-refractivity contribution in [1.82, 2.24) is 4.90 Å². The molecule has 1 aromatic carbocycles. The van der Waals surface area contributed by atoms with E-state index in [1.54, 1.807) is 4.90 Å². The van der Waals surface area contributed by atoms with Crippen molar-refractivity contribution in [3.8, 4) is 6.07 Å². The molecular weight excluding hydrogens is 304 g/mol. The van der Waals surface area contributed by atoms with Gasteiger partial charge in [0.25, 0.3) is 5.91 Å². The molecule has 1 aliphatic carbocycles. The van der Waals surface area contributed by atoms with Crippen LogP contribution in [0.25, 0.3) is 0 Å². The molecule has 0 radical (unpaired) electrons. The highest BCUT2D eigenvalue weighted by Crippen LogP contribution is 2.27. The average Bonchev–Trinajstić information content (AvgIpc) is 2.92. The largest absolute Gasteiger partial charge is 0.322 e. The van der Waals surface area contributed by atoms with Crippen LogP contribution in [0.1, 0.15) is 41.6 Å². The number of amides is 1. The van der Waals surface area contributed by atoms with Crippen LogP contribution < -0.4 is 0 Å². The molecule has 1 saturated carbocycles. The fourth-order valence-electron chi connectivity index (χ4n) is 2.62. The van der Waals surface area contributed by atoms with E-state index in [4.69, 9.17) is 5.26 Å². The van der Waals surface area contributed by atoms with E-state index in [0.29, 0.717) is 5.56 Å². The Labute approximate surface area is 122 Å². The third kappa shape index (κ3) is 3.16. The molecule has 0 unspecified atom stereocenters. The normalized spacial score (nSPS) is 15.2. The molecule has 1 amide bonds. The summed E-state index contributed by atoms with van der Waals surface area (Å²) in [5, 5.41) is 8.96. The molecule has 0 aromatic heterocycles. The maximum absolute atomic E-state index is 12.6. The van der Waals surface area contributed by atoms with E-state index in [-0.39, 0.29) is 18.5 Å². The van der Waals surface area contributed by atoms with Gasteiger partial charge in [-0.3, -0.25) is 4.79 Å². The quantitative estimate of drug-likeness (QED) is 0.797. The van der Waals surface area contributed by atoms with Gasteiger partial charge in [0.05, 0.1) is 11.6 Å². The number of nitrogens with zero attached hydrogens (tertiary/aromatic N) is 2. The number of carbonyl (C=O) groups excluding carboxylic acids is 1. The van der Waals surface area contributed by atoms with Gasteiger partial charge in [-0.25, -0.2) is 0 Å². The van der Waals surface area contributed by atoms with Crippen LogP contribution in [0.3, 0.4) is 0 Å². The maximum Gasteiger partial charge on any atom is 0.256 e. The molecule has 0 bridgehead atoms. The van der Waals surface area contributed by atoms with Crippen LogP contribution in [-0.2, 0) is 0 Å². The highest BCUT2D eigenvalue weighted by atomic mass is 79.9. The first-order valence-corrected chi connectivity index (χ1v) is 7.37. The fourth-order valence-corrected chi connectivity index (χ4v) is 3.03. The second-order valence-electron chi connectivity index (χ2n) is 5.01. The Kier molecular flexibility index (Phi) is 4.60. The first-order chi connectivity index (χ1) is 9.13. The zero-order chi connectivity index (χ0) is 13.8. The molecule has 0 N–H and O–H groups in total. The van der Waals surface area contributed by atoms with Crippen LogP contribution >= 0.6 is 15.9 Å². The minimum atomic E-state index is -0.0379. The second-order valence-corrected chi connectivity index (χ2v) is 5.87. The van der Waals surface area contributed by atoms with Crippen molar-refractivity contribution < 1.29 is 4.79 Å². The summed E-state index contributed by atoms with van der Waals surface area (Å²) >= 11 is 3.43. The number of hydrogen-bond donors (Lipinski definition) is 0. The second kappa shape index (κ2) is 6.21. The molecule has 3 nitrogen and oxygen atoms in total. The number of rotatable bonds is 3. The molecule has 4 heteroatoms.